The predicted molar refractivity (Wildman–Crippen MR) is 192 cm³/mol. The second kappa shape index (κ2) is 13.8. The molecule has 1 heterocycles. The third-order valence-corrected chi connectivity index (χ3v) is 8.77. The van der Waals surface area contributed by atoms with Crippen molar-refractivity contribution < 1.29 is 9.47 Å². The second-order valence-corrected chi connectivity index (χ2v) is 13.1. The molecule has 0 unspecified atom stereocenters. The van der Waals surface area contributed by atoms with Crippen LogP contribution < -0.4 is 15.0 Å². The highest BCUT2D eigenvalue weighted by molar-refractivity contribution is 14.1. The minimum Gasteiger partial charge on any atom is -0.494 e. The van der Waals surface area contributed by atoms with E-state index in [1.54, 1.807) is 12.3 Å². The van der Waals surface area contributed by atoms with Gasteiger partial charge in [-0.05, 0) is 136 Å². The molecule has 5 rings (SSSR count). The van der Waals surface area contributed by atoms with Crippen LogP contribution in [0, 0.1) is 14.1 Å². The lowest BCUT2D eigenvalue weighted by Gasteiger charge is -2.18. The van der Waals surface area contributed by atoms with Crippen molar-refractivity contribution in [2.75, 3.05) is 6.61 Å². The summed E-state index contributed by atoms with van der Waals surface area (Å²) in [6.07, 6.45) is 1.70. The van der Waals surface area contributed by atoms with E-state index < -0.39 is 0 Å². The zero-order valence-corrected chi connectivity index (χ0v) is 29.3. The Morgan fingerprint density at radius 3 is 2.37 bits per heavy atom. The molecule has 0 aliphatic carbocycles. The highest BCUT2D eigenvalue weighted by Gasteiger charge is 2.19. The molecule has 4 aromatic carbocycles. The van der Waals surface area contributed by atoms with Crippen molar-refractivity contribution in [3.8, 4) is 22.9 Å². The van der Waals surface area contributed by atoms with E-state index in [4.69, 9.17) is 31.2 Å². The maximum atomic E-state index is 13.8. The number of para-hydroxylation sites is 1. The van der Waals surface area contributed by atoms with Gasteiger partial charge in [-0.1, -0.05) is 49.7 Å². The fourth-order valence-electron chi connectivity index (χ4n) is 4.73. The largest absolute Gasteiger partial charge is 0.494 e. The van der Waals surface area contributed by atoms with Crippen LogP contribution in [0.3, 0.4) is 0 Å². The Labute approximate surface area is 283 Å². The van der Waals surface area contributed by atoms with Crippen molar-refractivity contribution in [3.63, 3.8) is 0 Å². The Kier molecular flexibility index (Phi) is 10.1. The molecular formula is C34H30ClI2N3O3. The molecule has 5 aromatic rings. The van der Waals surface area contributed by atoms with Crippen molar-refractivity contribution in [3.05, 3.63) is 118 Å². The van der Waals surface area contributed by atoms with Crippen LogP contribution in [-0.4, -0.2) is 22.5 Å². The van der Waals surface area contributed by atoms with Crippen LogP contribution in [0.15, 0.2) is 82.7 Å². The molecule has 6 nitrogen and oxygen atoms in total. The van der Waals surface area contributed by atoms with E-state index in [9.17, 15) is 4.79 Å². The van der Waals surface area contributed by atoms with Gasteiger partial charge in [-0.15, -0.1) is 0 Å². The molecule has 1 aromatic heterocycles. The van der Waals surface area contributed by atoms with Crippen LogP contribution in [0.25, 0.3) is 22.3 Å². The van der Waals surface area contributed by atoms with Gasteiger partial charge in [0.1, 0.15) is 18.1 Å². The van der Waals surface area contributed by atoms with Crippen LogP contribution in [-0.2, 0) is 6.61 Å². The summed E-state index contributed by atoms with van der Waals surface area (Å²) in [6.45, 7) is 9.24. The first kappa shape index (κ1) is 31.5. The standard InChI is InChI=1S/C34H30ClI2N3O3/c1-5-42-31-14-21(4)27(17-26(31)20(2)3)33-39-30-9-7-6-8-25(30)34(41)40(33)38-18-23-15-28(36)32(29(37)16-23)43-19-22-10-12-24(35)13-11-22/h6-18,20H,5,19H2,1-4H3. The zero-order valence-electron chi connectivity index (χ0n) is 24.2. The lowest BCUT2D eigenvalue weighted by molar-refractivity contribution is 0.302. The summed E-state index contributed by atoms with van der Waals surface area (Å²) in [5.74, 6) is 2.34. The minimum atomic E-state index is -0.233. The molecule has 220 valence electrons. The smallest absolute Gasteiger partial charge is 0.282 e. The maximum absolute atomic E-state index is 13.8. The van der Waals surface area contributed by atoms with Gasteiger partial charge in [0, 0.05) is 10.6 Å². The maximum Gasteiger partial charge on any atom is 0.282 e. The van der Waals surface area contributed by atoms with E-state index >= 15 is 0 Å². The molecule has 0 N–H and O–H groups in total. The van der Waals surface area contributed by atoms with E-state index in [1.165, 1.54) is 4.68 Å². The molecule has 0 amide bonds. The van der Waals surface area contributed by atoms with E-state index in [0.717, 1.165) is 46.5 Å². The van der Waals surface area contributed by atoms with Crippen LogP contribution in [0.5, 0.6) is 11.5 Å². The second-order valence-electron chi connectivity index (χ2n) is 10.3. The Balaban J connectivity index is 1.56. The molecule has 0 saturated carbocycles. The zero-order chi connectivity index (χ0) is 30.7. The van der Waals surface area contributed by atoms with Crippen LogP contribution in [0.1, 0.15) is 48.9 Å². The van der Waals surface area contributed by atoms with Gasteiger partial charge in [-0.3, -0.25) is 4.79 Å². The SMILES string of the molecule is CCOc1cc(C)c(-c2nc3ccccc3c(=O)n2N=Cc2cc(I)c(OCc3ccc(Cl)cc3)c(I)c2)cc1C(C)C. The van der Waals surface area contributed by atoms with Crippen molar-refractivity contribution in [1.29, 1.82) is 0 Å². The van der Waals surface area contributed by atoms with Crippen molar-refractivity contribution in [2.24, 2.45) is 5.10 Å². The van der Waals surface area contributed by atoms with Gasteiger partial charge in [0.2, 0.25) is 0 Å². The number of benzene rings is 4. The molecule has 0 fully saturated rings. The number of rotatable bonds is 9. The first-order valence-corrected chi connectivity index (χ1v) is 16.4. The molecule has 0 saturated heterocycles. The molecule has 0 spiro atoms. The lowest BCUT2D eigenvalue weighted by Crippen LogP contribution is -2.21. The minimum absolute atomic E-state index is 0.217. The summed E-state index contributed by atoms with van der Waals surface area (Å²) >= 11 is 10.5. The van der Waals surface area contributed by atoms with Gasteiger partial charge >= 0.3 is 0 Å². The molecule has 9 heteroatoms. The molecular weight excluding hydrogens is 788 g/mol. The normalized spacial score (nSPS) is 11.5. The van der Waals surface area contributed by atoms with Gasteiger partial charge in [0.05, 0.1) is 30.9 Å². The average Bonchev–Trinajstić information content (AvgIpc) is 2.97. The number of fused-ring (bicyclic) bond motifs is 1. The Hall–Kier alpha value is -2.96. The summed E-state index contributed by atoms with van der Waals surface area (Å²) in [5, 5.41) is 5.91. The number of nitrogens with zero attached hydrogens (tertiary/aromatic N) is 3. The molecule has 43 heavy (non-hydrogen) atoms. The third-order valence-electron chi connectivity index (χ3n) is 6.91. The summed E-state index contributed by atoms with van der Waals surface area (Å²) in [6, 6.07) is 23.0. The highest BCUT2D eigenvalue weighted by atomic mass is 127. The summed E-state index contributed by atoms with van der Waals surface area (Å²) < 4.78 is 15.4. The number of ether oxygens (including phenoxy) is 2. The molecule has 0 atom stereocenters. The molecule has 0 bridgehead atoms. The van der Waals surface area contributed by atoms with Crippen LogP contribution in [0.2, 0.25) is 5.02 Å². The number of aryl methyl sites for hydroxylation is 1. The first-order chi connectivity index (χ1) is 20.7. The van der Waals surface area contributed by atoms with Gasteiger partial charge in [-0.2, -0.15) is 9.78 Å². The Morgan fingerprint density at radius 2 is 1.70 bits per heavy atom. The third kappa shape index (κ3) is 7.07. The average molecular weight is 818 g/mol. The van der Waals surface area contributed by atoms with Gasteiger partial charge in [0.25, 0.3) is 5.56 Å². The summed E-state index contributed by atoms with van der Waals surface area (Å²) in [7, 11) is 0. The van der Waals surface area contributed by atoms with E-state index in [1.807, 2.05) is 74.5 Å². The first-order valence-electron chi connectivity index (χ1n) is 13.9. The monoisotopic (exact) mass is 817 g/mol. The molecule has 0 radical (unpaired) electrons. The van der Waals surface area contributed by atoms with Crippen molar-refractivity contribution in [2.45, 2.75) is 40.2 Å². The van der Waals surface area contributed by atoms with E-state index in [-0.39, 0.29) is 11.5 Å². The van der Waals surface area contributed by atoms with Gasteiger partial charge in [0.15, 0.2) is 5.82 Å². The van der Waals surface area contributed by atoms with Crippen molar-refractivity contribution in [1.82, 2.24) is 9.66 Å². The van der Waals surface area contributed by atoms with Crippen LogP contribution >= 0.6 is 56.8 Å². The lowest BCUT2D eigenvalue weighted by atomic mass is 9.96. The van der Waals surface area contributed by atoms with Crippen LogP contribution in [0.4, 0.5) is 0 Å². The topological polar surface area (TPSA) is 65.7 Å². The molecule has 0 aliphatic rings. The quantitative estimate of drug-likeness (QED) is 0.110. The van der Waals surface area contributed by atoms with E-state index in [2.05, 4.69) is 65.1 Å². The van der Waals surface area contributed by atoms with Crippen molar-refractivity contribution >= 4 is 73.9 Å². The predicted octanol–water partition coefficient (Wildman–Crippen LogP) is 9.22. The van der Waals surface area contributed by atoms with E-state index in [0.29, 0.717) is 35.0 Å². The van der Waals surface area contributed by atoms with Gasteiger partial charge in [-0.25, -0.2) is 4.98 Å². The number of hydrogen-bond donors (Lipinski definition) is 0. The molecule has 0 aliphatic heterocycles. The Morgan fingerprint density at radius 1 is 1.00 bits per heavy atom. The fourth-order valence-corrected chi connectivity index (χ4v) is 6.98. The van der Waals surface area contributed by atoms with Gasteiger partial charge < -0.3 is 9.47 Å². The highest BCUT2D eigenvalue weighted by Crippen LogP contribution is 2.34. The summed E-state index contributed by atoms with van der Waals surface area (Å²) in [4.78, 5) is 18.8. The fraction of sp³-hybridized carbons (Fsp3) is 0.206. The number of halogens is 3. The number of aromatic nitrogens is 2. The Bertz CT molecular complexity index is 1860. The summed E-state index contributed by atoms with van der Waals surface area (Å²) in [5.41, 5.74) is 5.10. The number of hydrogen-bond acceptors (Lipinski definition) is 5.